The maximum absolute atomic E-state index is 14.0. The van der Waals surface area contributed by atoms with E-state index in [2.05, 4.69) is 17.2 Å². The number of fused-ring (bicyclic) bond motifs is 1. The van der Waals surface area contributed by atoms with Crippen LogP contribution >= 0.6 is 23.2 Å². The second-order valence-corrected chi connectivity index (χ2v) is 17.0. The maximum atomic E-state index is 14.0. The molecule has 1 amide bonds. The molecule has 1 aliphatic rings. The number of aromatic carboxylic acids is 1. The van der Waals surface area contributed by atoms with Crippen molar-refractivity contribution in [3.63, 3.8) is 0 Å². The summed E-state index contributed by atoms with van der Waals surface area (Å²) in [4.78, 5) is 50.5. The zero-order chi connectivity index (χ0) is 53.7. The van der Waals surface area contributed by atoms with Gasteiger partial charge in [-0.25, -0.2) is 9.78 Å². The summed E-state index contributed by atoms with van der Waals surface area (Å²) in [6, 6.07) is 8.09. The number of amides is 1. The van der Waals surface area contributed by atoms with Crippen LogP contribution in [0.2, 0.25) is 10.0 Å². The number of ether oxygens (including phenoxy) is 2. The largest absolute Gasteiger partial charge is 0.478 e. The number of nitrogens with zero attached hydrogens (tertiary/aromatic N) is 5. The van der Waals surface area contributed by atoms with Gasteiger partial charge in [0.1, 0.15) is 40.9 Å². The van der Waals surface area contributed by atoms with Crippen LogP contribution in [0.5, 0.6) is 11.5 Å². The number of aryl methyl sites for hydroxylation is 1. The number of methoxy groups -OCH3 is 1. The topological polar surface area (TPSA) is 218 Å². The van der Waals surface area contributed by atoms with Crippen LogP contribution < -0.4 is 20.7 Å². The summed E-state index contributed by atoms with van der Waals surface area (Å²) in [5.41, 5.74) is 0.109. The number of carboxylic acid groups (broad SMARTS) is 1. The van der Waals surface area contributed by atoms with Gasteiger partial charge >= 0.3 is 24.5 Å². The van der Waals surface area contributed by atoms with E-state index in [0.29, 0.717) is 35.5 Å². The molecule has 5 aromatic rings. The minimum absolute atomic E-state index is 0. The van der Waals surface area contributed by atoms with E-state index >= 15 is 0 Å². The molecule has 0 atom stereocenters. The number of carboxylic acids is 1. The fourth-order valence-corrected chi connectivity index (χ4v) is 7.91. The average Bonchev–Trinajstić information content (AvgIpc) is 3.55. The van der Waals surface area contributed by atoms with Gasteiger partial charge in [-0.3, -0.25) is 25.0 Å². The smallest absolute Gasteiger partial charge is 0.420 e. The van der Waals surface area contributed by atoms with Crippen LogP contribution in [0.25, 0.3) is 11.0 Å². The molecule has 0 saturated heterocycles. The van der Waals surface area contributed by atoms with Gasteiger partial charge in [0.25, 0.3) is 11.4 Å². The summed E-state index contributed by atoms with van der Waals surface area (Å²) in [5.74, 6) is -1.30. The molecular weight excluding hydrogens is 1020 g/mol. The van der Waals surface area contributed by atoms with Crippen LogP contribution in [0.3, 0.4) is 0 Å². The highest BCUT2D eigenvalue weighted by atomic mass is 35.5. The number of imidazole rings is 1. The van der Waals surface area contributed by atoms with Crippen molar-refractivity contribution in [3.05, 3.63) is 113 Å². The number of carbonyl (C=O) groups is 2. The number of anilines is 3. The number of alkyl halides is 9. The molecule has 6 rings (SSSR count). The number of benzene rings is 4. The number of rotatable bonds is 11. The Labute approximate surface area is 415 Å². The molecule has 1 heterocycles. The summed E-state index contributed by atoms with van der Waals surface area (Å²) in [7, 11) is 4.47. The van der Waals surface area contributed by atoms with Gasteiger partial charge < -0.3 is 35.1 Å². The van der Waals surface area contributed by atoms with Gasteiger partial charge in [0, 0.05) is 51.4 Å². The van der Waals surface area contributed by atoms with Crippen molar-refractivity contribution in [1.29, 1.82) is 0 Å². The lowest BCUT2D eigenvalue weighted by Gasteiger charge is -2.34. The molecule has 4 aromatic carbocycles. The van der Waals surface area contributed by atoms with E-state index in [9.17, 15) is 74.4 Å². The maximum Gasteiger partial charge on any atom is 0.420 e. The van der Waals surface area contributed by atoms with Crippen LogP contribution in [0.4, 0.5) is 68.0 Å². The first-order valence-electron chi connectivity index (χ1n) is 20.8. The molecule has 0 unspecified atom stereocenters. The first kappa shape index (κ1) is 59.7. The third-order valence-corrected chi connectivity index (χ3v) is 11.6. The summed E-state index contributed by atoms with van der Waals surface area (Å²) in [6.45, 7) is 5.86. The molecule has 394 valence electrons. The molecule has 1 aliphatic carbocycles. The van der Waals surface area contributed by atoms with Crippen LogP contribution in [0, 0.1) is 32.1 Å². The van der Waals surface area contributed by atoms with E-state index in [1.807, 2.05) is 0 Å². The Morgan fingerprint density at radius 3 is 1.88 bits per heavy atom. The van der Waals surface area contributed by atoms with Crippen molar-refractivity contribution < 1.29 is 73.5 Å². The van der Waals surface area contributed by atoms with Crippen LogP contribution in [-0.2, 0) is 41.7 Å². The van der Waals surface area contributed by atoms with Gasteiger partial charge in [0.2, 0.25) is 5.91 Å². The first-order valence-corrected chi connectivity index (χ1v) is 21.5. The number of carbonyl (C=O) groups excluding carboxylic acids is 1. The monoisotopic (exact) mass is 1070 g/mol. The van der Waals surface area contributed by atoms with Crippen LogP contribution in [0.15, 0.2) is 54.6 Å². The van der Waals surface area contributed by atoms with Crippen molar-refractivity contribution in [2.45, 2.75) is 85.1 Å². The Balaban J connectivity index is 0.000000350. The summed E-state index contributed by atoms with van der Waals surface area (Å²) in [6.07, 6.45) is -10.9. The summed E-state index contributed by atoms with van der Waals surface area (Å²) in [5, 5.41) is 32.0. The molecule has 1 fully saturated rings. The number of hydrogen-bond acceptors (Lipinski definition) is 11. The molecular formula is C45H48Cl2F9N7O9. The summed E-state index contributed by atoms with van der Waals surface area (Å²) < 4.78 is 128. The molecule has 1 aromatic heterocycles. The standard InChI is InChI=1S/C29H34F3N3O5.C8H6ClF3N2O2.C7H4ClF3N2O2.CH4/c1-16(2)35(27(36)18-8-6-17(3)7-9-18)23-11-10-19(12-20(23)28(37)38)40-25-14-24-22(13-21(25)29(30,31)32)33-26(15-39-5)34(24)4;1-13-6-3-5(9)4(8(10,11)12)2-7(6)14(15)16;8-4-2-5(12)6(13(14)15)1-3(4)7(9,10)11;/h10-14,16-18H,6-9,15H2,1-5H3,(H,37,38);2-3,13H,1H3;1-2H,12H2;1H4. The molecule has 27 heteroatoms. The van der Waals surface area contributed by atoms with Crippen molar-refractivity contribution in [1.82, 2.24) is 9.55 Å². The van der Waals surface area contributed by atoms with Crippen LogP contribution in [-0.4, -0.2) is 56.6 Å². The number of nitrogen functional groups attached to an aromatic ring is 1. The average molecular weight is 1070 g/mol. The third kappa shape index (κ3) is 14.3. The quantitative estimate of drug-likeness (QED) is 0.0487. The Bertz CT molecular complexity index is 2800. The van der Waals surface area contributed by atoms with E-state index in [0.717, 1.165) is 43.9 Å². The lowest BCUT2D eigenvalue weighted by atomic mass is 9.82. The van der Waals surface area contributed by atoms with Gasteiger partial charge in [0.05, 0.1) is 53.3 Å². The minimum atomic E-state index is -4.75. The Morgan fingerprint density at radius 2 is 1.40 bits per heavy atom. The number of hydrogen-bond donors (Lipinski definition) is 3. The molecule has 0 radical (unpaired) electrons. The van der Waals surface area contributed by atoms with E-state index in [4.69, 9.17) is 38.4 Å². The van der Waals surface area contributed by atoms with E-state index in [-0.39, 0.29) is 60.1 Å². The number of halogens is 11. The normalized spacial score (nSPS) is 14.8. The van der Waals surface area contributed by atoms with Crippen molar-refractivity contribution in [3.8, 4) is 11.5 Å². The molecule has 0 aliphatic heterocycles. The molecule has 0 spiro atoms. The number of nitro benzene ring substituents is 2. The van der Waals surface area contributed by atoms with E-state index in [1.165, 1.54) is 37.3 Å². The van der Waals surface area contributed by atoms with Crippen molar-refractivity contribution in [2.75, 3.05) is 30.1 Å². The molecule has 16 nitrogen and oxygen atoms in total. The third-order valence-electron chi connectivity index (χ3n) is 10.9. The molecule has 4 N–H and O–H groups in total. The second-order valence-electron chi connectivity index (χ2n) is 16.2. The highest BCUT2D eigenvalue weighted by Gasteiger charge is 2.39. The lowest BCUT2D eigenvalue weighted by Crippen LogP contribution is -2.42. The molecule has 0 bridgehead atoms. The number of nitrogens with two attached hydrogens (primary N) is 1. The first-order chi connectivity index (χ1) is 32.8. The van der Waals surface area contributed by atoms with E-state index < -0.39 is 83.9 Å². The zero-order valence-corrected chi connectivity index (χ0v) is 39.7. The number of nitro groups is 2. The fraction of sp³-hybridized carbons (Fsp3) is 0.400. The fourth-order valence-electron chi connectivity index (χ4n) is 7.36. The van der Waals surface area contributed by atoms with Gasteiger partial charge in [-0.1, -0.05) is 37.6 Å². The highest BCUT2D eigenvalue weighted by Crippen LogP contribution is 2.44. The van der Waals surface area contributed by atoms with Crippen molar-refractivity contribution in [2.24, 2.45) is 18.9 Å². The second kappa shape index (κ2) is 23.7. The lowest BCUT2D eigenvalue weighted by molar-refractivity contribution is -0.384. The minimum Gasteiger partial charge on any atom is -0.478 e. The van der Waals surface area contributed by atoms with E-state index in [1.54, 1.807) is 25.5 Å². The van der Waals surface area contributed by atoms with Gasteiger partial charge in [-0.2, -0.15) is 39.5 Å². The molecule has 1 saturated carbocycles. The zero-order valence-electron chi connectivity index (χ0n) is 38.1. The van der Waals surface area contributed by atoms with Gasteiger partial charge in [0.15, 0.2) is 0 Å². The SMILES string of the molecule is C.CNc1cc(Cl)c(C(F)(F)F)cc1[N+](=O)[O-].COCc1nc2cc(C(F)(F)F)c(Oc3ccc(N(C(=O)C4CCC(C)CC4)C(C)C)c(C(=O)O)c3)cc2n1C.Nc1cc(Cl)c(C(F)(F)F)cc1[N+](=O)[O-]. The number of aromatic nitrogens is 2. The summed E-state index contributed by atoms with van der Waals surface area (Å²) >= 11 is 10.7. The van der Waals surface area contributed by atoms with Crippen molar-refractivity contribution >= 4 is 74.5 Å². The Morgan fingerprint density at radius 1 is 0.875 bits per heavy atom. The predicted molar refractivity (Wildman–Crippen MR) is 251 cm³/mol. The number of nitrogens with one attached hydrogen (secondary N) is 1. The van der Waals surface area contributed by atoms with Crippen LogP contribution in [0.1, 0.15) is 86.8 Å². The van der Waals surface area contributed by atoms with Gasteiger partial charge in [-0.05, 0) is 81.8 Å². The molecule has 72 heavy (non-hydrogen) atoms. The highest BCUT2D eigenvalue weighted by molar-refractivity contribution is 6.32. The predicted octanol–water partition coefficient (Wildman–Crippen LogP) is 13.6. The Hall–Kier alpha value is -6.60. The Kier molecular flexibility index (Phi) is 19.7. The van der Waals surface area contributed by atoms with Gasteiger partial charge in [-0.15, -0.1) is 0 Å².